The first-order chi connectivity index (χ1) is 18.3. The Hall–Kier alpha value is -4.86. The van der Waals surface area contributed by atoms with Crippen LogP contribution in [0.2, 0.25) is 0 Å². The topological polar surface area (TPSA) is 127 Å². The van der Waals surface area contributed by atoms with Gasteiger partial charge in [-0.3, -0.25) is 9.48 Å². The van der Waals surface area contributed by atoms with Gasteiger partial charge in [0, 0.05) is 41.0 Å². The molecule has 4 aromatic heterocycles. The van der Waals surface area contributed by atoms with Gasteiger partial charge in [0.05, 0.1) is 22.6 Å². The van der Waals surface area contributed by atoms with Crippen molar-refractivity contribution in [3.8, 4) is 22.8 Å². The minimum atomic E-state index is -0.230. The first kappa shape index (κ1) is 23.5. The number of anilines is 1. The molecule has 0 aliphatic rings. The molecule has 4 heterocycles. The van der Waals surface area contributed by atoms with Crippen LogP contribution < -0.4 is 10.7 Å². The predicted molar refractivity (Wildman–Crippen MR) is 146 cm³/mol. The van der Waals surface area contributed by atoms with E-state index in [9.17, 15) is 4.79 Å². The molecule has 0 amide bonds. The average Bonchev–Trinajstić information content (AvgIpc) is 3.56. The molecule has 6 aromatic rings. The zero-order valence-electron chi connectivity index (χ0n) is 21.7. The van der Waals surface area contributed by atoms with Crippen LogP contribution >= 0.6 is 0 Å². The molecule has 2 N–H and O–H groups in total. The summed E-state index contributed by atoms with van der Waals surface area (Å²) in [4.78, 5) is 18.2. The number of fused-ring (bicyclic) bond motifs is 2. The van der Waals surface area contributed by atoms with Crippen LogP contribution in [0.3, 0.4) is 0 Å². The van der Waals surface area contributed by atoms with Crippen LogP contribution in [-0.2, 0) is 7.05 Å². The van der Waals surface area contributed by atoms with Crippen molar-refractivity contribution >= 4 is 27.6 Å². The highest BCUT2D eigenvalue weighted by Gasteiger charge is 2.21. The van der Waals surface area contributed by atoms with Gasteiger partial charge in [-0.15, -0.1) is 10.2 Å². The highest BCUT2D eigenvalue weighted by Crippen LogP contribution is 2.34. The number of rotatable bonds is 5. The second kappa shape index (κ2) is 8.91. The number of nitrogens with zero attached hydrogens (tertiary/aromatic N) is 6. The SMILES string of the molecule is Cc1cc(C(C)Nc2ccc(C)nc2-c2nn[nH]n2)c2oc(-c3ccc4nn(C)cc4c3)c(C)c(=O)c2c1. The first-order valence-electron chi connectivity index (χ1n) is 12.3. The van der Waals surface area contributed by atoms with Crippen LogP contribution in [0, 0.1) is 20.8 Å². The first-order valence-corrected chi connectivity index (χ1v) is 12.3. The Balaban J connectivity index is 1.49. The third-order valence-electron chi connectivity index (χ3n) is 6.70. The molecular formula is C28H26N8O2. The molecule has 1 atom stereocenters. The number of H-pyrrole nitrogens is 1. The maximum atomic E-state index is 13.6. The summed E-state index contributed by atoms with van der Waals surface area (Å²) >= 11 is 0. The molecule has 190 valence electrons. The third-order valence-corrected chi connectivity index (χ3v) is 6.70. The fourth-order valence-corrected chi connectivity index (χ4v) is 4.87. The van der Waals surface area contributed by atoms with Crippen LogP contribution in [-0.4, -0.2) is 35.4 Å². The summed E-state index contributed by atoms with van der Waals surface area (Å²) in [5, 5.41) is 23.9. The fraction of sp³-hybridized carbons (Fsp3) is 0.214. The molecule has 10 nitrogen and oxygen atoms in total. The number of aromatic amines is 1. The second-order valence-electron chi connectivity index (χ2n) is 9.64. The van der Waals surface area contributed by atoms with Crippen LogP contribution in [0.5, 0.6) is 0 Å². The van der Waals surface area contributed by atoms with Crippen molar-refractivity contribution in [2.45, 2.75) is 33.7 Å². The number of pyridine rings is 1. The van der Waals surface area contributed by atoms with Gasteiger partial charge in [0.25, 0.3) is 0 Å². The number of nitrogens with one attached hydrogen (secondary N) is 2. The standard InChI is InChI=1S/C28H26N8O2/c1-14-10-20(17(4)30-23-8-6-15(2)29-24(23)28-31-34-35-32-28)27-21(11-14)25(37)16(3)26(38-27)18-7-9-22-19(12-18)13-36(5)33-22/h6-13,17,30H,1-5H3,(H,31,32,34,35). The van der Waals surface area contributed by atoms with Crippen molar-refractivity contribution in [3.05, 3.63) is 81.3 Å². The summed E-state index contributed by atoms with van der Waals surface area (Å²) in [7, 11) is 1.89. The summed E-state index contributed by atoms with van der Waals surface area (Å²) in [6.07, 6.45) is 1.95. The number of aromatic nitrogens is 7. The van der Waals surface area contributed by atoms with Gasteiger partial charge in [-0.25, -0.2) is 4.98 Å². The Morgan fingerprint density at radius 1 is 1.08 bits per heavy atom. The van der Waals surface area contributed by atoms with Crippen molar-refractivity contribution in [2.75, 3.05) is 5.32 Å². The number of benzene rings is 2. The maximum absolute atomic E-state index is 13.6. The van der Waals surface area contributed by atoms with E-state index in [-0.39, 0.29) is 11.5 Å². The van der Waals surface area contributed by atoms with Gasteiger partial charge in [-0.05, 0) is 74.9 Å². The predicted octanol–water partition coefficient (Wildman–Crippen LogP) is 5.02. The number of hydrogen-bond acceptors (Lipinski definition) is 8. The second-order valence-corrected chi connectivity index (χ2v) is 9.64. The van der Waals surface area contributed by atoms with Crippen LogP contribution in [0.25, 0.3) is 44.7 Å². The largest absolute Gasteiger partial charge is 0.455 e. The van der Waals surface area contributed by atoms with Crippen molar-refractivity contribution in [3.63, 3.8) is 0 Å². The summed E-state index contributed by atoms with van der Waals surface area (Å²) in [6, 6.07) is 13.4. The molecule has 0 spiro atoms. The van der Waals surface area contributed by atoms with Gasteiger partial charge >= 0.3 is 0 Å². The molecule has 1 unspecified atom stereocenters. The molecular weight excluding hydrogens is 480 g/mol. The van der Waals surface area contributed by atoms with E-state index in [1.54, 1.807) is 4.68 Å². The Morgan fingerprint density at radius 3 is 2.71 bits per heavy atom. The van der Waals surface area contributed by atoms with E-state index in [0.29, 0.717) is 33.8 Å². The lowest BCUT2D eigenvalue weighted by Gasteiger charge is -2.20. The molecule has 0 aliphatic carbocycles. The number of tetrazole rings is 1. The van der Waals surface area contributed by atoms with Crippen molar-refractivity contribution in [2.24, 2.45) is 7.05 Å². The van der Waals surface area contributed by atoms with Gasteiger partial charge in [0.15, 0.2) is 5.43 Å². The van der Waals surface area contributed by atoms with E-state index < -0.39 is 0 Å². The van der Waals surface area contributed by atoms with Gasteiger partial charge in [0.1, 0.15) is 17.0 Å². The Morgan fingerprint density at radius 2 is 1.92 bits per heavy atom. The maximum Gasteiger partial charge on any atom is 0.225 e. The lowest BCUT2D eigenvalue weighted by atomic mass is 9.98. The van der Waals surface area contributed by atoms with Crippen molar-refractivity contribution in [1.29, 1.82) is 0 Å². The lowest BCUT2D eigenvalue weighted by molar-refractivity contribution is 0.606. The Bertz CT molecular complexity index is 1890. The van der Waals surface area contributed by atoms with Crippen LogP contribution in [0.1, 0.15) is 35.3 Å². The summed E-state index contributed by atoms with van der Waals surface area (Å²) in [5.74, 6) is 0.947. The van der Waals surface area contributed by atoms with E-state index in [4.69, 9.17) is 4.42 Å². The highest BCUT2D eigenvalue weighted by atomic mass is 16.3. The quantitative estimate of drug-likeness (QED) is 0.334. The minimum absolute atomic E-state index is 0.0471. The summed E-state index contributed by atoms with van der Waals surface area (Å²) in [6.45, 7) is 7.72. The Kier molecular flexibility index (Phi) is 5.52. The molecule has 0 saturated heterocycles. The normalized spacial score (nSPS) is 12.3. The van der Waals surface area contributed by atoms with E-state index in [1.165, 1.54) is 0 Å². The van der Waals surface area contributed by atoms with Crippen LogP contribution in [0.15, 0.2) is 57.9 Å². The third kappa shape index (κ3) is 4.00. The van der Waals surface area contributed by atoms with E-state index in [0.717, 1.165) is 39.0 Å². The van der Waals surface area contributed by atoms with E-state index in [1.807, 2.05) is 83.4 Å². The van der Waals surface area contributed by atoms with Crippen LogP contribution in [0.4, 0.5) is 5.69 Å². The molecule has 0 saturated carbocycles. The minimum Gasteiger partial charge on any atom is -0.455 e. The molecule has 0 aliphatic heterocycles. The summed E-state index contributed by atoms with van der Waals surface area (Å²) in [5.41, 5.74) is 6.79. The van der Waals surface area contributed by atoms with E-state index in [2.05, 4.69) is 36.0 Å². The van der Waals surface area contributed by atoms with Crippen molar-refractivity contribution < 1.29 is 4.42 Å². The van der Waals surface area contributed by atoms with Gasteiger partial charge in [-0.1, -0.05) is 6.07 Å². The number of hydrogen-bond donors (Lipinski definition) is 2. The monoisotopic (exact) mass is 506 g/mol. The zero-order valence-corrected chi connectivity index (χ0v) is 21.7. The molecule has 38 heavy (non-hydrogen) atoms. The molecule has 0 fully saturated rings. The fourth-order valence-electron chi connectivity index (χ4n) is 4.87. The molecule has 6 rings (SSSR count). The van der Waals surface area contributed by atoms with Gasteiger partial charge in [0.2, 0.25) is 5.82 Å². The average molecular weight is 507 g/mol. The Labute approximate surface area is 217 Å². The summed E-state index contributed by atoms with van der Waals surface area (Å²) < 4.78 is 8.33. The zero-order chi connectivity index (χ0) is 26.6. The van der Waals surface area contributed by atoms with Gasteiger partial charge in [-0.2, -0.15) is 10.3 Å². The lowest BCUT2D eigenvalue weighted by Crippen LogP contribution is -2.13. The van der Waals surface area contributed by atoms with Gasteiger partial charge < -0.3 is 9.73 Å². The molecule has 0 bridgehead atoms. The van der Waals surface area contributed by atoms with E-state index >= 15 is 0 Å². The highest BCUT2D eigenvalue weighted by molar-refractivity contribution is 5.87. The van der Waals surface area contributed by atoms with Crippen molar-refractivity contribution in [1.82, 2.24) is 35.4 Å². The molecule has 10 heteroatoms. The smallest absolute Gasteiger partial charge is 0.225 e. The molecule has 0 radical (unpaired) electrons. The number of aryl methyl sites for hydroxylation is 3. The molecule has 2 aromatic carbocycles.